The predicted molar refractivity (Wildman–Crippen MR) is 75.6 cm³/mol. The second-order valence-electron chi connectivity index (χ2n) is 3.95. The lowest BCUT2D eigenvalue weighted by atomic mass is 10.2. The van der Waals surface area contributed by atoms with Gasteiger partial charge in [0.15, 0.2) is 0 Å². The van der Waals surface area contributed by atoms with E-state index in [2.05, 4.69) is 20.9 Å². The molecule has 0 radical (unpaired) electrons. The summed E-state index contributed by atoms with van der Waals surface area (Å²) in [6.45, 7) is 1.95. The van der Waals surface area contributed by atoms with E-state index < -0.39 is 5.97 Å². The Labute approximate surface area is 123 Å². The molecular formula is C13H11BrClNO3. The molecular weight excluding hydrogens is 334 g/mol. The number of aromatic nitrogens is 1. The van der Waals surface area contributed by atoms with Crippen LogP contribution in [0.1, 0.15) is 29.6 Å². The number of hydrogen-bond acceptors (Lipinski definition) is 3. The third kappa shape index (κ3) is 2.82. The minimum Gasteiger partial charge on any atom is -0.475 e. The highest BCUT2D eigenvalue weighted by molar-refractivity contribution is 9.10. The number of aryl methyl sites for hydroxylation is 1. The molecule has 1 N–H and O–H groups in total. The molecule has 0 aliphatic heterocycles. The Kier molecular flexibility index (Phi) is 4.27. The van der Waals surface area contributed by atoms with E-state index >= 15 is 0 Å². The summed E-state index contributed by atoms with van der Waals surface area (Å²) < 4.78 is 6.04. The molecule has 0 atom stereocenters. The van der Waals surface area contributed by atoms with E-state index in [0.29, 0.717) is 27.2 Å². The second kappa shape index (κ2) is 5.75. The van der Waals surface area contributed by atoms with Crippen LogP contribution in [-0.4, -0.2) is 16.1 Å². The van der Waals surface area contributed by atoms with Gasteiger partial charge in [-0.25, -0.2) is 9.78 Å². The van der Waals surface area contributed by atoms with Gasteiger partial charge in [0.1, 0.15) is 0 Å². The zero-order valence-electron chi connectivity index (χ0n) is 10.1. The third-order valence-electron chi connectivity index (χ3n) is 2.56. The van der Waals surface area contributed by atoms with Crippen LogP contribution in [0.2, 0.25) is 5.02 Å². The van der Waals surface area contributed by atoms with Crippen molar-refractivity contribution in [1.29, 1.82) is 0 Å². The molecule has 0 fully saturated rings. The lowest BCUT2D eigenvalue weighted by Gasteiger charge is -2.00. The summed E-state index contributed by atoms with van der Waals surface area (Å²) >= 11 is 9.46. The Balaban J connectivity index is 2.54. The lowest BCUT2D eigenvalue weighted by Crippen LogP contribution is -1.99. The van der Waals surface area contributed by atoms with Crippen molar-refractivity contribution < 1.29 is 14.3 Å². The Bertz CT molecular complexity index is 624. The van der Waals surface area contributed by atoms with Crippen LogP contribution in [0, 0.1) is 0 Å². The quantitative estimate of drug-likeness (QED) is 0.892. The van der Waals surface area contributed by atoms with Crippen LogP contribution in [0.25, 0.3) is 11.5 Å². The van der Waals surface area contributed by atoms with E-state index in [1.807, 2.05) is 6.92 Å². The van der Waals surface area contributed by atoms with Gasteiger partial charge >= 0.3 is 5.97 Å². The number of carbonyl (C=O) groups is 1. The van der Waals surface area contributed by atoms with Crippen molar-refractivity contribution >= 4 is 33.5 Å². The fourth-order valence-corrected chi connectivity index (χ4v) is 2.28. The largest absolute Gasteiger partial charge is 0.475 e. The molecule has 0 saturated carbocycles. The number of halogens is 2. The predicted octanol–water partition coefficient (Wildman–Crippen LogP) is 4.41. The number of oxazole rings is 1. The average molecular weight is 345 g/mol. The monoisotopic (exact) mass is 343 g/mol. The smallest absolute Gasteiger partial charge is 0.373 e. The van der Waals surface area contributed by atoms with E-state index in [1.54, 1.807) is 18.2 Å². The van der Waals surface area contributed by atoms with Gasteiger partial charge in [0.05, 0.1) is 16.3 Å². The number of carboxylic acid groups (broad SMARTS) is 1. The summed E-state index contributed by atoms with van der Waals surface area (Å²) in [4.78, 5) is 15.4. The van der Waals surface area contributed by atoms with Crippen molar-refractivity contribution in [2.24, 2.45) is 0 Å². The number of benzene rings is 1. The SMILES string of the molecule is CCCc1nc(-c2cccc(Br)c2Cl)oc1C(=O)O. The number of aromatic carboxylic acids is 1. The van der Waals surface area contributed by atoms with Crippen LogP contribution >= 0.6 is 27.5 Å². The molecule has 100 valence electrons. The standard InChI is InChI=1S/C13H11BrClNO3/c1-2-4-9-11(13(17)18)19-12(16-9)7-5-3-6-8(14)10(7)15/h3,5-6H,2,4H2,1H3,(H,17,18). The van der Waals surface area contributed by atoms with Crippen molar-refractivity contribution in [2.45, 2.75) is 19.8 Å². The molecule has 2 aromatic rings. The maximum atomic E-state index is 11.1. The molecule has 0 unspecified atom stereocenters. The average Bonchev–Trinajstić information content (AvgIpc) is 2.77. The maximum absolute atomic E-state index is 11.1. The highest BCUT2D eigenvalue weighted by Gasteiger charge is 2.21. The normalized spacial score (nSPS) is 10.7. The zero-order chi connectivity index (χ0) is 14.0. The molecule has 0 spiro atoms. The highest BCUT2D eigenvalue weighted by Crippen LogP contribution is 2.34. The van der Waals surface area contributed by atoms with Crippen LogP contribution < -0.4 is 0 Å². The van der Waals surface area contributed by atoms with E-state index in [9.17, 15) is 4.79 Å². The van der Waals surface area contributed by atoms with E-state index in [4.69, 9.17) is 21.1 Å². The summed E-state index contributed by atoms with van der Waals surface area (Å²) in [6, 6.07) is 5.32. The Hall–Kier alpha value is -1.33. The number of rotatable bonds is 4. The van der Waals surface area contributed by atoms with Crippen LogP contribution in [0.3, 0.4) is 0 Å². The van der Waals surface area contributed by atoms with E-state index in [0.717, 1.165) is 6.42 Å². The van der Waals surface area contributed by atoms with Crippen molar-refractivity contribution in [1.82, 2.24) is 4.98 Å². The first kappa shape index (κ1) is 14.1. The molecule has 4 nitrogen and oxygen atoms in total. The minimum absolute atomic E-state index is 0.118. The summed E-state index contributed by atoms with van der Waals surface area (Å²) in [6.07, 6.45) is 1.34. The van der Waals surface area contributed by atoms with Gasteiger partial charge in [-0.05, 0) is 34.5 Å². The molecule has 0 amide bonds. The van der Waals surface area contributed by atoms with Crippen LogP contribution in [0.15, 0.2) is 27.1 Å². The Morgan fingerprint density at radius 1 is 1.53 bits per heavy atom. The van der Waals surface area contributed by atoms with Gasteiger partial charge in [-0.3, -0.25) is 0 Å². The van der Waals surface area contributed by atoms with Gasteiger partial charge in [-0.15, -0.1) is 0 Å². The molecule has 1 aromatic heterocycles. The van der Waals surface area contributed by atoms with E-state index in [1.165, 1.54) is 0 Å². The van der Waals surface area contributed by atoms with Gasteiger partial charge in [0.2, 0.25) is 11.7 Å². The minimum atomic E-state index is -1.12. The van der Waals surface area contributed by atoms with Gasteiger partial charge in [-0.1, -0.05) is 31.0 Å². The number of nitrogens with zero attached hydrogens (tertiary/aromatic N) is 1. The van der Waals surface area contributed by atoms with Crippen molar-refractivity contribution in [3.05, 3.63) is 39.1 Å². The second-order valence-corrected chi connectivity index (χ2v) is 5.18. The first-order chi connectivity index (χ1) is 9.04. The third-order valence-corrected chi connectivity index (χ3v) is 3.86. The first-order valence-electron chi connectivity index (χ1n) is 5.72. The molecule has 19 heavy (non-hydrogen) atoms. The van der Waals surface area contributed by atoms with Crippen molar-refractivity contribution in [3.63, 3.8) is 0 Å². The van der Waals surface area contributed by atoms with Crippen molar-refractivity contribution in [3.8, 4) is 11.5 Å². The molecule has 2 rings (SSSR count). The molecule has 1 aromatic carbocycles. The molecule has 0 bridgehead atoms. The van der Waals surface area contributed by atoms with Gasteiger partial charge in [0, 0.05) is 4.47 Å². The number of carboxylic acids is 1. The van der Waals surface area contributed by atoms with Gasteiger partial charge < -0.3 is 9.52 Å². The Morgan fingerprint density at radius 3 is 2.89 bits per heavy atom. The summed E-state index contributed by atoms with van der Waals surface area (Å²) in [5, 5.41) is 9.55. The van der Waals surface area contributed by atoms with Gasteiger partial charge in [-0.2, -0.15) is 0 Å². The van der Waals surface area contributed by atoms with Crippen LogP contribution in [0.5, 0.6) is 0 Å². The summed E-state index contributed by atoms with van der Waals surface area (Å²) in [7, 11) is 0. The zero-order valence-corrected chi connectivity index (χ0v) is 12.5. The molecule has 0 aliphatic rings. The fraction of sp³-hybridized carbons (Fsp3) is 0.231. The number of hydrogen-bond donors (Lipinski definition) is 1. The summed E-state index contributed by atoms with van der Waals surface area (Å²) in [5.74, 6) is -1.01. The van der Waals surface area contributed by atoms with E-state index in [-0.39, 0.29) is 11.7 Å². The molecule has 6 heteroatoms. The van der Waals surface area contributed by atoms with Crippen LogP contribution in [0.4, 0.5) is 0 Å². The molecule has 0 aliphatic carbocycles. The van der Waals surface area contributed by atoms with Gasteiger partial charge in [0.25, 0.3) is 0 Å². The Morgan fingerprint density at radius 2 is 2.26 bits per heavy atom. The topological polar surface area (TPSA) is 63.3 Å². The lowest BCUT2D eigenvalue weighted by molar-refractivity contribution is 0.0661. The highest BCUT2D eigenvalue weighted by atomic mass is 79.9. The molecule has 0 saturated heterocycles. The first-order valence-corrected chi connectivity index (χ1v) is 6.89. The summed E-state index contributed by atoms with van der Waals surface area (Å²) in [5.41, 5.74) is 1.02. The van der Waals surface area contributed by atoms with Crippen LogP contribution in [-0.2, 0) is 6.42 Å². The fourth-order valence-electron chi connectivity index (χ4n) is 1.71. The maximum Gasteiger partial charge on any atom is 0.373 e. The molecule has 1 heterocycles. The van der Waals surface area contributed by atoms with Crippen molar-refractivity contribution in [2.75, 3.05) is 0 Å².